The van der Waals surface area contributed by atoms with Crippen molar-refractivity contribution in [1.82, 2.24) is 4.90 Å². The van der Waals surface area contributed by atoms with Crippen molar-refractivity contribution in [2.24, 2.45) is 0 Å². The molecule has 0 saturated carbocycles. The zero-order valence-electron chi connectivity index (χ0n) is 14.8. The number of carbonyl (C=O) groups is 2. The van der Waals surface area contributed by atoms with Gasteiger partial charge < -0.3 is 10.0 Å². The number of benzene rings is 2. The second kappa shape index (κ2) is 7.31. The van der Waals surface area contributed by atoms with E-state index in [1.165, 1.54) is 4.90 Å². The van der Waals surface area contributed by atoms with Gasteiger partial charge in [0.05, 0.1) is 0 Å². The molecular weight excluding hydrogens is 352 g/mol. The van der Waals surface area contributed by atoms with Crippen LogP contribution in [0.3, 0.4) is 0 Å². The third-order valence-electron chi connectivity index (χ3n) is 4.91. The van der Waals surface area contributed by atoms with E-state index in [4.69, 9.17) is 0 Å². The van der Waals surface area contributed by atoms with Crippen molar-refractivity contribution in [1.29, 1.82) is 0 Å². The number of rotatable bonds is 5. The molecule has 2 aromatic carbocycles. The molecule has 0 saturated heterocycles. The van der Waals surface area contributed by atoms with E-state index in [-0.39, 0.29) is 19.4 Å². The first kappa shape index (κ1) is 18.8. The second-order valence-electron chi connectivity index (χ2n) is 6.58. The van der Waals surface area contributed by atoms with Gasteiger partial charge in [0.1, 0.15) is 5.54 Å². The van der Waals surface area contributed by atoms with Crippen LogP contribution in [-0.2, 0) is 17.6 Å². The first-order chi connectivity index (χ1) is 12.9. The molecule has 0 fully saturated rings. The molecule has 1 amide bonds. The molecule has 0 aliphatic heterocycles. The second-order valence-corrected chi connectivity index (χ2v) is 6.58. The summed E-state index contributed by atoms with van der Waals surface area (Å²) in [7, 11) is 0. The number of amides is 1. The average Bonchev–Trinajstić information content (AvgIpc) is 3.02. The minimum absolute atomic E-state index is 0.0784. The third-order valence-corrected chi connectivity index (χ3v) is 4.91. The molecule has 0 unspecified atom stereocenters. The van der Waals surface area contributed by atoms with Crippen LogP contribution in [0.15, 0.2) is 54.6 Å². The van der Waals surface area contributed by atoms with Gasteiger partial charge in [0, 0.05) is 24.9 Å². The maximum atomic E-state index is 13.6. The predicted molar refractivity (Wildman–Crippen MR) is 96.4 cm³/mol. The number of allylic oxidation sites excluding steroid dienone is 1. The van der Waals surface area contributed by atoms with Gasteiger partial charge in [0.2, 0.25) is 0 Å². The van der Waals surface area contributed by atoms with E-state index in [9.17, 15) is 23.5 Å². The summed E-state index contributed by atoms with van der Waals surface area (Å²) in [5.41, 5.74) is -0.434. The maximum Gasteiger partial charge on any atom is 0.330 e. The molecular formula is C21H19F2NO3. The predicted octanol–water partition coefficient (Wildman–Crippen LogP) is 3.61. The number of hydrogen-bond acceptors (Lipinski definition) is 2. The molecule has 0 radical (unpaired) electrons. The Bertz CT molecular complexity index is 878. The highest BCUT2D eigenvalue weighted by molar-refractivity contribution is 5.98. The normalized spacial score (nSPS) is 14.9. The Hall–Kier alpha value is -3.02. The number of fused-ring (bicyclic) bond motifs is 1. The number of carboxylic acids is 1. The maximum absolute atomic E-state index is 13.6. The highest BCUT2D eigenvalue weighted by atomic mass is 19.2. The molecule has 0 atom stereocenters. The van der Waals surface area contributed by atoms with Crippen molar-refractivity contribution in [2.45, 2.75) is 25.3 Å². The summed E-state index contributed by atoms with van der Waals surface area (Å²) in [5.74, 6) is -3.69. The zero-order chi connectivity index (χ0) is 19.6. The van der Waals surface area contributed by atoms with Crippen LogP contribution in [0, 0.1) is 11.6 Å². The zero-order valence-corrected chi connectivity index (χ0v) is 14.8. The summed E-state index contributed by atoms with van der Waals surface area (Å²) in [6, 6.07) is 10.4. The van der Waals surface area contributed by atoms with Crippen molar-refractivity contribution in [3.63, 3.8) is 0 Å². The molecule has 6 heteroatoms. The lowest BCUT2D eigenvalue weighted by Gasteiger charge is -2.37. The first-order valence-electron chi connectivity index (χ1n) is 8.57. The summed E-state index contributed by atoms with van der Waals surface area (Å²) in [6.45, 7) is 1.85. The molecule has 0 spiro atoms. The molecule has 27 heavy (non-hydrogen) atoms. The van der Waals surface area contributed by atoms with Crippen LogP contribution in [0.25, 0.3) is 0 Å². The fourth-order valence-corrected chi connectivity index (χ4v) is 3.51. The van der Waals surface area contributed by atoms with Gasteiger partial charge in [-0.1, -0.05) is 30.4 Å². The lowest BCUT2D eigenvalue weighted by atomic mass is 9.92. The van der Waals surface area contributed by atoms with Gasteiger partial charge in [-0.2, -0.15) is 0 Å². The quantitative estimate of drug-likeness (QED) is 0.817. The standard InChI is InChI=1S/C21H19F2NO3/c1-2-3-9-24(19(25)14-7-5-4-6-8-14)21(20(26)27)12-15-10-17(22)18(23)11-16(15)13-21/h2-8,10-11H,9,12-13H2,1H3,(H,26,27)/b3-2+. The van der Waals surface area contributed by atoms with E-state index in [1.54, 1.807) is 49.4 Å². The van der Waals surface area contributed by atoms with Crippen LogP contribution in [0.2, 0.25) is 0 Å². The Balaban J connectivity index is 2.07. The Kier molecular flexibility index (Phi) is 5.08. The van der Waals surface area contributed by atoms with Gasteiger partial charge in [-0.25, -0.2) is 13.6 Å². The topological polar surface area (TPSA) is 57.6 Å². The fourth-order valence-electron chi connectivity index (χ4n) is 3.51. The Morgan fingerprint density at radius 2 is 1.67 bits per heavy atom. The summed E-state index contributed by atoms with van der Waals surface area (Å²) in [6.07, 6.45) is 3.26. The number of nitrogens with zero attached hydrogens (tertiary/aromatic N) is 1. The summed E-state index contributed by atoms with van der Waals surface area (Å²) in [4.78, 5) is 26.7. The monoisotopic (exact) mass is 371 g/mol. The number of halogens is 2. The molecule has 1 aliphatic carbocycles. The summed E-state index contributed by atoms with van der Waals surface area (Å²) < 4.78 is 27.3. The highest BCUT2D eigenvalue weighted by Gasteiger charge is 2.51. The Morgan fingerprint density at radius 1 is 1.11 bits per heavy atom. The highest BCUT2D eigenvalue weighted by Crippen LogP contribution is 2.37. The van der Waals surface area contributed by atoms with E-state index < -0.39 is 29.0 Å². The molecule has 2 aromatic rings. The SMILES string of the molecule is C/C=C/CN(C(=O)c1ccccc1)C1(C(=O)O)Cc2cc(F)c(F)cc2C1. The largest absolute Gasteiger partial charge is 0.479 e. The molecule has 0 aromatic heterocycles. The van der Waals surface area contributed by atoms with Crippen LogP contribution in [0.5, 0.6) is 0 Å². The molecule has 0 heterocycles. The smallest absolute Gasteiger partial charge is 0.330 e. The number of aliphatic carboxylic acids is 1. The van der Waals surface area contributed by atoms with Crippen LogP contribution in [0.4, 0.5) is 8.78 Å². The van der Waals surface area contributed by atoms with Crippen molar-refractivity contribution in [3.8, 4) is 0 Å². The molecule has 4 nitrogen and oxygen atoms in total. The van der Waals surface area contributed by atoms with Crippen LogP contribution < -0.4 is 0 Å². The van der Waals surface area contributed by atoms with E-state index in [0.29, 0.717) is 16.7 Å². The minimum Gasteiger partial charge on any atom is -0.479 e. The van der Waals surface area contributed by atoms with Gasteiger partial charge in [-0.3, -0.25) is 4.79 Å². The minimum atomic E-state index is -1.60. The van der Waals surface area contributed by atoms with Crippen molar-refractivity contribution < 1.29 is 23.5 Å². The Labute approximate surface area is 155 Å². The lowest BCUT2D eigenvalue weighted by molar-refractivity contribution is -0.149. The van der Waals surface area contributed by atoms with E-state index >= 15 is 0 Å². The molecule has 140 valence electrons. The van der Waals surface area contributed by atoms with Crippen molar-refractivity contribution >= 4 is 11.9 Å². The molecule has 1 aliphatic rings. The van der Waals surface area contributed by atoms with Crippen LogP contribution >= 0.6 is 0 Å². The summed E-state index contributed by atoms with van der Waals surface area (Å²) >= 11 is 0. The molecule has 1 N–H and O–H groups in total. The fraction of sp³-hybridized carbons (Fsp3) is 0.238. The summed E-state index contributed by atoms with van der Waals surface area (Å²) in [5, 5.41) is 10.0. The Morgan fingerprint density at radius 3 is 2.15 bits per heavy atom. The van der Waals surface area contributed by atoms with Gasteiger partial charge in [-0.05, 0) is 42.3 Å². The number of hydrogen-bond donors (Lipinski definition) is 1. The molecule has 3 rings (SSSR count). The van der Waals surface area contributed by atoms with Crippen molar-refractivity contribution in [3.05, 3.63) is 82.9 Å². The van der Waals surface area contributed by atoms with E-state index in [0.717, 1.165) is 12.1 Å². The average molecular weight is 371 g/mol. The van der Waals surface area contributed by atoms with Crippen LogP contribution in [-0.4, -0.2) is 34.0 Å². The third kappa shape index (κ3) is 3.35. The number of carbonyl (C=O) groups excluding carboxylic acids is 1. The van der Waals surface area contributed by atoms with Gasteiger partial charge in [0.15, 0.2) is 11.6 Å². The van der Waals surface area contributed by atoms with Crippen LogP contribution in [0.1, 0.15) is 28.4 Å². The van der Waals surface area contributed by atoms with Gasteiger partial charge in [0.25, 0.3) is 5.91 Å². The molecule has 0 bridgehead atoms. The first-order valence-corrected chi connectivity index (χ1v) is 8.57. The van der Waals surface area contributed by atoms with Gasteiger partial charge in [-0.15, -0.1) is 0 Å². The lowest BCUT2D eigenvalue weighted by Crippen LogP contribution is -2.58. The van der Waals surface area contributed by atoms with Crippen molar-refractivity contribution in [2.75, 3.05) is 6.54 Å². The number of carboxylic acid groups (broad SMARTS) is 1. The van der Waals surface area contributed by atoms with E-state index in [1.807, 2.05) is 0 Å². The van der Waals surface area contributed by atoms with Gasteiger partial charge >= 0.3 is 5.97 Å². The van der Waals surface area contributed by atoms with E-state index in [2.05, 4.69) is 0 Å².